The molecule has 7 nitrogen and oxygen atoms in total. The zero-order valence-corrected chi connectivity index (χ0v) is 14.6. The summed E-state index contributed by atoms with van der Waals surface area (Å²) in [5.74, 6) is -1.36. The second-order valence-electron chi connectivity index (χ2n) is 6.56. The minimum absolute atomic E-state index is 0.272. The second kappa shape index (κ2) is 7.65. The molecule has 2 aliphatic heterocycles. The first kappa shape index (κ1) is 17.4. The molecule has 134 valence electrons. The molecule has 0 unspecified atom stereocenters. The number of hydrogen-bond acceptors (Lipinski definition) is 4. The van der Waals surface area contributed by atoms with E-state index in [1.807, 2.05) is 25.1 Å². The van der Waals surface area contributed by atoms with Gasteiger partial charge >= 0.3 is 17.8 Å². The van der Waals surface area contributed by atoms with E-state index in [0.717, 1.165) is 53.7 Å². The molecule has 0 aliphatic carbocycles. The normalized spacial score (nSPS) is 19.2. The number of unbranched alkanes of at least 4 members (excludes halogenated alkanes) is 1. The van der Waals surface area contributed by atoms with E-state index in [4.69, 9.17) is 0 Å². The highest BCUT2D eigenvalue weighted by molar-refractivity contribution is 6.44. The Morgan fingerprint density at radius 1 is 0.960 bits per heavy atom. The minimum atomic E-state index is -0.681. The van der Waals surface area contributed by atoms with Crippen LogP contribution in [0.25, 0.3) is 0 Å². The highest BCUT2D eigenvalue weighted by atomic mass is 16.2. The van der Waals surface area contributed by atoms with E-state index in [0.29, 0.717) is 6.54 Å². The van der Waals surface area contributed by atoms with Crippen LogP contribution in [0, 0.1) is 0 Å². The largest absolute Gasteiger partial charge is 0.360 e. The standard InChI is InChI=1S/C18H24N4O3/c1-2-3-9-21-16(23)17(24)22(18(21)25)14-19-10-12-20(13-11-19)15-7-5-4-6-8-15/h4-8H,2-3,9-14H2,1H3/p+1. The SMILES string of the molecule is CCCCN1C(=O)C(=O)N(C[NH+]2CCN(c3ccccc3)CC2)C1=O. The van der Waals surface area contributed by atoms with Crippen molar-refractivity contribution in [2.45, 2.75) is 19.8 Å². The van der Waals surface area contributed by atoms with E-state index in [-0.39, 0.29) is 6.67 Å². The lowest BCUT2D eigenvalue weighted by Gasteiger charge is -2.34. The van der Waals surface area contributed by atoms with E-state index in [1.165, 1.54) is 5.69 Å². The van der Waals surface area contributed by atoms with Crippen LogP contribution in [0.15, 0.2) is 30.3 Å². The summed E-state index contributed by atoms with van der Waals surface area (Å²) >= 11 is 0. The molecule has 0 spiro atoms. The number of anilines is 1. The van der Waals surface area contributed by atoms with E-state index < -0.39 is 17.8 Å². The van der Waals surface area contributed by atoms with Crippen molar-refractivity contribution in [3.05, 3.63) is 30.3 Å². The van der Waals surface area contributed by atoms with Crippen LogP contribution in [-0.4, -0.2) is 67.0 Å². The lowest BCUT2D eigenvalue weighted by Crippen LogP contribution is -3.16. The van der Waals surface area contributed by atoms with Crippen molar-refractivity contribution < 1.29 is 19.3 Å². The molecular weight excluding hydrogens is 320 g/mol. The monoisotopic (exact) mass is 345 g/mol. The van der Waals surface area contributed by atoms with E-state index in [9.17, 15) is 14.4 Å². The summed E-state index contributed by atoms with van der Waals surface area (Å²) in [6, 6.07) is 9.75. The maximum absolute atomic E-state index is 12.4. The van der Waals surface area contributed by atoms with Crippen LogP contribution in [0.4, 0.5) is 10.5 Å². The minimum Gasteiger partial charge on any atom is -0.360 e. The van der Waals surface area contributed by atoms with Gasteiger partial charge in [0.1, 0.15) is 0 Å². The van der Waals surface area contributed by atoms with Gasteiger partial charge in [0.2, 0.25) is 0 Å². The molecule has 0 atom stereocenters. The third-order valence-electron chi connectivity index (χ3n) is 4.84. The Bertz CT molecular complexity index is 641. The van der Waals surface area contributed by atoms with Crippen LogP contribution in [-0.2, 0) is 9.59 Å². The Hall–Kier alpha value is -2.41. The number of amides is 4. The van der Waals surface area contributed by atoms with Crippen molar-refractivity contribution in [1.29, 1.82) is 0 Å². The summed E-state index contributed by atoms with van der Waals surface area (Å²) in [6.45, 7) is 5.97. The summed E-state index contributed by atoms with van der Waals surface area (Å²) < 4.78 is 0. The smallest absolute Gasteiger partial charge is 0.338 e. The van der Waals surface area contributed by atoms with Gasteiger partial charge in [-0.3, -0.25) is 14.5 Å². The number of hydrogen-bond donors (Lipinski definition) is 1. The summed E-state index contributed by atoms with van der Waals surface area (Å²) in [7, 11) is 0. The topological polar surface area (TPSA) is 65.4 Å². The van der Waals surface area contributed by atoms with Gasteiger partial charge in [-0.05, 0) is 18.6 Å². The number of nitrogens with zero attached hydrogens (tertiary/aromatic N) is 3. The fourth-order valence-corrected chi connectivity index (χ4v) is 3.30. The number of carbonyl (C=O) groups excluding carboxylic acids is 3. The van der Waals surface area contributed by atoms with Gasteiger partial charge in [0.25, 0.3) is 0 Å². The number of para-hydroxylation sites is 1. The molecule has 1 N–H and O–H groups in total. The molecular formula is C18H25N4O3+. The molecule has 7 heteroatoms. The number of piperazine rings is 1. The Balaban J connectivity index is 1.56. The molecule has 0 radical (unpaired) electrons. The van der Waals surface area contributed by atoms with Gasteiger partial charge in [-0.15, -0.1) is 0 Å². The average molecular weight is 345 g/mol. The first-order valence-electron chi connectivity index (χ1n) is 8.92. The molecule has 0 aromatic heterocycles. The number of benzene rings is 1. The van der Waals surface area contributed by atoms with Gasteiger partial charge in [-0.2, -0.15) is 0 Å². The number of rotatable bonds is 6. The third-order valence-corrected chi connectivity index (χ3v) is 4.84. The number of imide groups is 2. The van der Waals surface area contributed by atoms with Gasteiger partial charge < -0.3 is 9.80 Å². The van der Waals surface area contributed by atoms with E-state index in [2.05, 4.69) is 17.0 Å². The van der Waals surface area contributed by atoms with E-state index >= 15 is 0 Å². The highest BCUT2D eigenvalue weighted by Gasteiger charge is 2.45. The number of urea groups is 1. The van der Waals surface area contributed by atoms with Gasteiger partial charge in [0.05, 0.1) is 26.2 Å². The summed E-state index contributed by atoms with van der Waals surface area (Å²) in [6.07, 6.45) is 1.60. The van der Waals surface area contributed by atoms with E-state index in [1.54, 1.807) is 0 Å². The molecule has 1 aromatic rings. The van der Waals surface area contributed by atoms with Crippen LogP contribution in [0.2, 0.25) is 0 Å². The molecule has 2 aliphatic rings. The summed E-state index contributed by atoms with van der Waals surface area (Å²) in [4.78, 5) is 42.2. The van der Waals surface area contributed by atoms with Gasteiger partial charge in [-0.25, -0.2) is 9.69 Å². The zero-order valence-electron chi connectivity index (χ0n) is 14.6. The zero-order chi connectivity index (χ0) is 17.8. The Labute approximate surface area is 147 Å². The second-order valence-corrected chi connectivity index (χ2v) is 6.56. The Morgan fingerprint density at radius 3 is 2.24 bits per heavy atom. The lowest BCUT2D eigenvalue weighted by molar-refractivity contribution is -0.907. The molecule has 1 aromatic carbocycles. The Morgan fingerprint density at radius 2 is 1.60 bits per heavy atom. The van der Waals surface area contributed by atoms with Crippen LogP contribution >= 0.6 is 0 Å². The number of quaternary nitrogens is 1. The van der Waals surface area contributed by atoms with Gasteiger partial charge in [0.15, 0.2) is 6.67 Å². The number of carbonyl (C=O) groups is 3. The predicted octanol–water partition coefficient (Wildman–Crippen LogP) is -0.0601. The van der Waals surface area contributed by atoms with Crippen molar-refractivity contribution in [2.24, 2.45) is 0 Å². The molecule has 4 amide bonds. The van der Waals surface area contributed by atoms with Crippen molar-refractivity contribution >= 4 is 23.5 Å². The first-order chi connectivity index (χ1) is 12.1. The first-order valence-corrected chi connectivity index (χ1v) is 8.92. The fourth-order valence-electron chi connectivity index (χ4n) is 3.30. The molecule has 25 heavy (non-hydrogen) atoms. The Kier molecular flexibility index (Phi) is 5.33. The van der Waals surface area contributed by atoms with Crippen LogP contribution in [0.3, 0.4) is 0 Å². The highest BCUT2D eigenvalue weighted by Crippen LogP contribution is 2.13. The van der Waals surface area contributed by atoms with Crippen LogP contribution < -0.4 is 9.80 Å². The van der Waals surface area contributed by atoms with Gasteiger partial charge in [-0.1, -0.05) is 31.5 Å². The molecule has 3 rings (SSSR count). The third kappa shape index (κ3) is 3.66. The van der Waals surface area contributed by atoms with Crippen molar-refractivity contribution in [1.82, 2.24) is 9.80 Å². The molecule has 2 fully saturated rings. The molecule has 2 heterocycles. The maximum atomic E-state index is 12.4. The van der Waals surface area contributed by atoms with Crippen LogP contribution in [0.5, 0.6) is 0 Å². The lowest BCUT2D eigenvalue weighted by atomic mass is 10.2. The molecule has 0 saturated carbocycles. The summed E-state index contributed by atoms with van der Waals surface area (Å²) in [5.41, 5.74) is 1.19. The average Bonchev–Trinajstić information content (AvgIpc) is 2.85. The molecule has 0 bridgehead atoms. The fraction of sp³-hybridized carbons (Fsp3) is 0.500. The van der Waals surface area contributed by atoms with Crippen LogP contribution in [0.1, 0.15) is 19.8 Å². The predicted molar refractivity (Wildman–Crippen MR) is 93.1 cm³/mol. The number of nitrogens with one attached hydrogen (secondary N) is 1. The van der Waals surface area contributed by atoms with Gasteiger partial charge in [0, 0.05) is 12.2 Å². The van der Waals surface area contributed by atoms with Crippen molar-refractivity contribution in [3.63, 3.8) is 0 Å². The quantitative estimate of drug-likeness (QED) is 0.580. The summed E-state index contributed by atoms with van der Waals surface area (Å²) in [5, 5.41) is 0. The van der Waals surface area contributed by atoms with Crippen molar-refractivity contribution in [2.75, 3.05) is 44.3 Å². The maximum Gasteiger partial charge on any atom is 0.338 e. The molecule has 2 saturated heterocycles. The van der Waals surface area contributed by atoms with Crippen molar-refractivity contribution in [3.8, 4) is 0 Å².